The highest BCUT2D eigenvalue weighted by atomic mass is 79.9. The molecule has 0 saturated carbocycles. The van der Waals surface area contributed by atoms with Crippen molar-refractivity contribution in [3.63, 3.8) is 0 Å². The molecule has 0 radical (unpaired) electrons. The van der Waals surface area contributed by atoms with Gasteiger partial charge in [0.25, 0.3) is 0 Å². The Morgan fingerprint density at radius 1 is 1.19 bits per heavy atom. The third kappa shape index (κ3) is 4.53. The van der Waals surface area contributed by atoms with Crippen LogP contribution in [0.25, 0.3) is 11.1 Å². The summed E-state index contributed by atoms with van der Waals surface area (Å²) < 4.78 is 41.9. The van der Waals surface area contributed by atoms with Gasteiger partial charge in [0.15, 0.2) is 0 Å². The van der Waals surface area contributed by atoms with Gasteiger partial charge in [-0.3, -0.25) is 0 Å². The van der Waals surface area contributed by atoms with Crippen molar-refractivity contribution in [2.45, 2.75) is 33.6 Å². The first kappa shape index (κ1) is 20.2. The molecule has 26 heavy (non-hydrogen) atoms. The minimum absolute atomic E-state index is 0.235. The van der Waals surface area contributed by atoms with E-state index in [1.165, 1.54) is 12.1 Å². The van der Waals surface area contributed by atoms with E-state index >= 15 is 0 Å². The summed E-state index contributed by atoms with van der Waals surface area (Å²) in [4.78, 5) is 1.85. The summed E-state index contributed by atoms with van der Waals surface area (Å²) in [6.07, 6.45) is -3.89. The third-order valence-corrected chi connectivity index (χ3v) is 4.85. The summed E-state index contributed by atoms with van der Waals surface area (Å²) in [7, 11) is 1.88. The Balaban J connectivity index is 2.55. The molecule has 0 spiro atoms. The molecule has 2 aromatic carbocycles. The number of nitrogens with zero attached hydrogens (tertiary/aromatic N) is 1. The molecule has 0 fully saturated rings. The van der Waals surface area contributed by atoms with Crippen molar-refractivity contribution in [3.05, 3.63) is 45.9 Å². The molecule has 0 saturated heterocycles. The van der Waals surface area contributed by atoms with Gasteiger partial charge in [-0.15, -0.1) is 13.2 Å². The highest BCUT2D eigenvalue weighted by Crippen LogP contribution is 2.39. The van der Waals surface area contributed by atoms with Crippen molar-refractivity contribution >= 4 is 21.6 Å². The number of hydrogen-bond acceptors (Lipinski definition) is 2. The molecular formula is C20H19BrF3NO. The lowest BCUT2D eigenvalue weighted by atomic mass is 9.95. The zero-order chi connectivity index (χ0) is 19.5. The molecule has 138 valence electrons. The molecule has 0 N–H and O–H groups in total. The van der Waals surface area contributed by atoms with Crippen LogP contribution < -0.4 is 9.64 Å². The van der Waals surface area contributed by atoms with Gasteiger partial charge in [0, 0.05) is 17.6 Å². The number of ether oxygens (including phenoxy) is 1. The van der Waals surface area contributed by atoms with Crippen LogP contribution in [0.15, 0.2) is 34.8 Å². The molecule has 2 nitrogen and oxygen atoms in total. The van der Waals surface area contributed by atoms with E-state index in [0.29, 0.717) is 0 Å². The molecule has 6 heteroatoms. The van der Waals surface area contributed by atoms with E-state index in [4.69, 9.17) is 0 Å². The highest BCUT2D eigenvalue weighted by molar-refractivity contribution is 9.10. The highest BCUT2D eigenvalue weighted by Gasteiger charge is 2.31. The standard InChI is InChI=1S/C20H19BrF3NO/c1-5-11-25(4)19-13(3)17(12-14(6-2)18(19)21)15-7-9-16(10-8-15)26-20(22,23)24/h7-10,12H,6H2,1-4H3. The summed E-state index contributed by atoms with van der Waals surface area (Å²) in [5.41, 5.74) is 4.80. The van der Waals surface area contributed by atoms with Crippen LogP contribution in [0.2, 0.25) is 0 Å². The molecular weight excluding hydrogens is 407 g/mol. The maximum absolute atomic E-state index is 12.3. The number of aryl methyl sites for hydroxylation is 1. The van der Waals surface area contributed by atoms with Crippen molar-refractivity contribution < 1.29 is 17.9 Å². The van der Waals surface area contributed by atoms with Crippen molar-refractivity contribution in [1.82, 2.24) is 0 Å². The van der Waals surface area contributed by atoms with E-state index in [-0.39, 0.29) is 5.75 Å². The zero-order valence-corrected chi connectivity index (χ0v) is 16.5. The fourth-order valence-corrected chi connectivity index (χ4v) is 3.76. The average molecular weight is 426 g/mol. The molecule has 0 atom stereocenters. The van der Waals surface area contributed by atoms with E-state index in [1.807, 2.05) is 18.9 Å². The molecule has 0 aliphatic rings. The molecule has 0 amide bonds. The lowest BCUT2D eigenvalue weighted by molar-refractivity contribution is -0.274. The van der Waals surface area contributed by atoms with Crippen molar-refractivity contribution in [2.75, 3.05) is 11.9 Å². The number of alkyl halides is 3. The molecule has 0 unspecified atom stereocenters. The van der Waals surface area contributed by atoms with Crippen LogP contribution in [0.4, 0.5) is 18.9 Å². The summed E-state index contributed by atoms with van der Waals surface area (Å²) in [5, 5.41) is 0. The monoisotopic (exact) mass is 425 g/mol. The first-order chi connectivity index (χ1) is 12.2. The van der Waals surface area contributed by atoms with Crippen LogP contribution in [0.5, 0.6) is 5.75 Å². The molecule has 0 aromatic heterocycles. The Morgan fingerprint density at radius 3 is 2.31 bits per heavy atom. The first-order valence-electron chi connectivity index (χ1n) is 8.02. The number of halogens is 4. The average Bonchev–Trinajstić information content (AvgIpc) is 2.55. The maximum atomic E-state index is 12.3. The molecule has 2 aromatic rings. The smallest absolute Gasteiger partial charge is 0.406 e. The van der Waals surface area contributed by atoms with Gasteiger partial charge in [0.2, 0.25) is 0 Å². The van der Waals surface area contributed by atoms with E-state index in [1.54, 1.807) is 19.1 Å². The summed E-state index contributed by atoms with van der Waals surface area (Å²) in [6, 6.07) is 11.0. The second kappa shape index (κ2) is 8.05. The largest absolute Gasteiger partial charge is 0.573 e. The van der Waals surface area contributed by atoms with Gasteiger partial charge < -0.3 is 9.64 Å². The zero-order valence-electron chi connectivity index (χ0n) is 15.0. The summed E-state index contributed by atoms with van der Waals surface area (Å²) >= 11 is 3.66. The van der Waals surface area contributed by atoms with Crippen molar-refractivity contribution in [1.29, 1.82) is 0 Å². The molecule has 0 bridgehead atoms. The SMILES string of the molecule is CC#CN(C)c1c(C)c(-c2ccc(OC(F)(F)F)cc2)cc(CC)c1Br. The van der Waals surface area contributed by atoms with Gasteiger partial charge in [0.05, 0.1) is 5.69 Å². The second-order valence-electron chi connectivity index (χ2n) is 5.72. The first-order valence-corrected chi connectivity index (χ1v) is 8.81. The third-order valence-electron chi connectivity index (χ3n) is 3.96. The van der Waals surface area contributed by atoms with Crippen LogP contribution in [-0.4, -0.2) is 13.4 Å². The molecule has 0 heterocycles. The lowest BCUT2D eigenvalue weighted by Gasteiger charge is -2.22. The van der Waals surface area contributed by atoms with Crippen LogP contribution >= 0.6 is 15.9 Å². The van der Waals surface area contributed by atoms with E-state index in [9.17, 15) is 13.2 Å². The number of hydrogen-bond donors (Lipinski definition) is 0. The lowest BCUT2D eigenvalue weighted by Crippen LogP contribution is -2.17. The van der Waals surface area contributed by atoms with Crippen LogP contribution in [-0.2, 0) is 6.42 Å². The van der Waals surface area contributed by atoms with Gasteiger partial charge in [-0.2, -0.15) is 0 Å². The predicted octanol–water partition coefficient (Wildman–Crippen LogP) is 6.30. The normalized spacial score (nSPS) is 10.9. The van der Waals surface area contributed by atoms with Crippen molar-refractivity contribution in [2.24, 2.45) is 0 Å². The fourth-order valence-electron chi connectivity index (χ4n) is 2.81. The Morgan fingerprint density at radius 2 is 1.81 bits per heavy atom. The van der Waals surface area contributed by atoms with Gasteiger partial charge in [-0.05, 0) is 76.7 Å². The Hall–Kier alpha value is -2.13. The van der Waals surface area contributed by atoms with Crippen molar-refractivity contribution in [3.8, 4) is 28.8 Å². The number of rotatable bonds is 4. The van der Waals surface area contributed by atoms with E-state index < -0.39 is 6.36 Å². The van der Waals surface area contributed by atoms with Crippen LogP contribution in [0, 0.1) is 18.9 Å². The molecule has 0 aliphatic carbocycles. The Labute approximate surface area is 160 Å². The van der Waals surface area contributed by atoms with E-state index in [0.717, 1.165) is 38.8 Å². The van der Waals surface area contributed by atoms with Gasteiger partial charge in [0.1, 0.15) is 5.75 Å². The van der Waals surface area contributed by atoms with Gasteiger partial charge in [-0.1, -0.05) is 25.0 Å². The maximum Gasteiger partial charge on any atom is 0.573 e. The Bertz CT molecular complexity index is 849. The van der Waals surface area contributed by atoms with Crippen LogP contribution in [0.3, 0.4) is 0 Å². The predicted molar refractivity (Wildman–Crippen MR) is 102 cm³/mol. The summed E-state index contributed by atoms with van der Waals surface area (Å²) in [6.45, 7) is 5.79. The summed E-state index contributed by atoms with van der Waals surface area (Å²) in [5.74, 6) is 2.64. The molecule has 0 aliphatic heterocycles. The number of benzene rings is 2. The fraction of sp³-hybridized carbons (Fsp3) is 0.300. The molecule has 2 rings (SSSR count). The minimum Gasteiger partial charge on any atom is -0.406 e. The van der Waals surface area contributed by atoms with Gasteiger partial charge in [-0.25, -0.2) is 0 Å². The van der Waals surface area contributed by atoms with Gasteiger partial charge >= 0.3 is 6.36 Å². The minimum atomic E-state index is -4.70. The Kier molecular flexibility index (Phi) is 6.25. The second-order valence-corrected chi connectivity index (χ2v) is 6.51. The topological polar surface area (TPSA) is 12.5 Å². The number of anilines is 1. The quantitative estimate of drug-likeness (QED) is 0.420. The van der Waals surface area contributed by atoms with Crippen LogP contribution in [0.1, 0.15) is 25.0 Å². The van der Waals surface area contributed by atoms with E-state index in [2.05, 4.69) is 45.6 Å².